The molecule has 6 heteroatoms. The Kier molecular flexibility index (Phi) is 4.88. The Morgan fingerprint density at radius 3 is 2.64 bits per heavy atom. The molecule has 1 amide bonds. The van der Waals surface area contributed by atoms with Gasteiger partial charge in [-0.25, -0.2) is 4.98 Å². The topological polar surface area (TPSA) is 38.1 Å². The maximum Gasteiger partial charge on any atom is 0.233 e. The van der Waals surface area contributed by atoms with Crippen molar-refractivity contribution in [2.45, 2.75) is 18.0 Å². The van der Waals surface area contributed by atoms with Crippen LogP contribution >= 0.6 is 27.7 Å². The highest BCUT2D eigenvalue weighted by Gasteiger charge is 2.19. The van der Waals surface area contributed by atoms with Crippen LogP contribution in [-0.2, 0) is 11.8 Å². The van der Waals surface area contributed by atoms with Gasteiger partial charge in [0, 0.05) is 24.6 Å². The number of benzene rings is 1. The number of hydrogen-bond acceptors (Lipinski definition) is 3. The minimum atomic E-state index is 0.218. The van der Waals surface area contributed by atoms with Crippen molar-refractivity contribution in [1.29, 1.82) is 0 Å². The number of carbonyl (C=O) groups excluding carboxylic acids is 1. The predicted molar refractivity (Wildman–Crippen MR) is 92.9 cm³/mol. The standard InChI is InChI=1S/C16H18BrN3OS/c1-19-14(12-4-6-13(17)7-5-12)10-18-16(19)22-11-15(21)20-8-2-3-9-20/h4-7,10H,2-3,8-9,11H2,1H3. The molecule has 1 fully saturated rings. The van der Waals surface area contributed by atoms with Gasteiger partial charge in [-0.05, 0) is 30.5 Å². The third kappa shape index (κ3) is 3.38. The van der Waals surface area contributed by atoms with Gasteiger partial charge in [0.15, 0.2) is 5.16 Å². The fourth-order valence-electron chi connectivity index (χ4n) is 2.60. The Labute approximate surface area is 143 Å². The molecule has 2 heterocycles. The monoisotopic (exact) mass is 379 g/mol. The molecular weight excluding hydrogens is 362 g/mol. The molecule has 1 aliphatic heterocycles. The average Bonchev–Trinajstić information content (AvgIpc) is 3.16. The first kappa shape index (κ1) is 15.6. The van der Waals surface area contributed by atoms with Crippen molar-refractivity contribution in [3.63, 3.8) is 0 Å². The van der Waals surface area contributed by atoms with Crippen molar-refractivity contribution in [2.75, 3.05) is 18.8 Å². The van der Waals surface area contributed by atoms with Crippen molar-refractivity contribution in [1.82, 2.24) is 14.5 Å². The first-order chi connectivity index (χ1) is 10.6. The van der Waals surface area contributed by atoms with Crippen LogP contribution in [-0.4, -0.2) is 39.2 Å². The second-order valence-corrected chi connectivity index (χ2v) is 7.23. The van der Waals surface area contributed by atoms with Crippen molar-refractivity contribution >= 4 is 33.6 Å². The van der Waals surface area contributed by atoms with Crippen molar-refractivity contribution in [3.05, 3.63) is 34.9 Å². The molecule has 1 saturated heterocycles. The Morgan fingerprint density at radius 1 is 1.27 bits per heavy atom. The fourth-order valence-corrected chi connectivity index (χ4v) is 3.72. The number of aromatic nitrogens is 2. The van der Waals surface area contributed by atoms with E-state index in [9.17, 15) is 4.79 Å². The molecular formula is C16H18BrN3OS. The first-order valence-electron chi connectivity index (χ1n) is 7.33. The lowest BCUT2D eigenvalue weighted by Gasteiger charge is -2.14. The van der Waals surface area contributed by atoms with Gasteiger partial charge < -0.3 is 9.47 Å². The maximum absolute atomic E-state index is 12.1. The molecule has 0 bridgehead atoms. The van der Waals surface area contributed by atoms with Crippen LogP contribution in [0.25, 0.3) is 11.3 Å². The van der Waals surface area contributed by atoms with E-state index in [1.54, 1.807) is 0 Å². The molecule has 0 N–H and O–H groups in total. The molecule has 116 valence electrons. The lowest BCUT2D eigenvalue weighted by atomic mass is 10.2. The molecule has 0 saturated carbocycles. The van der Waals surface area contributed by atoms with E-state index < -0.39 is 0 Å². The van der Waals surface area contributed by atoms with Crippen LogP contribution in [0.1, 0.15) is 12.8 Å². The van der Waals surface area contributed by atoms with Crippen LogP contribution in [0.2, 0.25) is 0 Å². The van der Waals surface area contributed by atoms with E-state index >= 15 is 0 Å². The van der Waals surface area contributed by atoms with Crippen LogP contribution in [0, 0.1) is 0 Å². The van der Waals surface area contributed by atoms with Crippen LogP contribution in [0.4, 0.5) is 0 Å². The summed E-state index contributed by atoms with van der Waals surface area (Å²) in [4.78, 5) is 18.5. The van der Waals surface area contributed by atoms with Crippen molar-refractivity contribution < 1.29 is 4.79 Å². The van der Waals surface area contributed by atoms with Gasteiger partial charge in [-0.15, -0.1) is 0 Å². The molecule has 0 aliphatic carbocycles. The summed E-state index contributed by atoms with van der Waals surface area (Å²) in [5.74, 6) is 0.681. The Balaban J connectivity index is 1.68. The number of carbonyl (C=O) groups is 1. The second-order valence-electron chi connectivity index (χ2n) is 5.37. The summed E-state index contributed by atoms with van der Waals surface area (Å²) in [7, 11) is 1.99. The average molecular weight is 380 g/mol. The zero-order valence-electron chi connectivity index (χ0n) is 12.5. The zero-order chi connectivity index (χ0) is 15.5. The number of rotatable bonds is 4. The summed E-state index contributed by atoms with van der Waals surface area (Å²) < 4.78 is 3.11. The van der Waals surface area contributed by atoms with E-state index in [2.05, 4.69) is 33.0 Å². The molecule has 1 aromatic heterocycles. The molecule has 0 radical (unpaired) electrons. The molecule has 0 atom stereocenters. The fraction of sp³-hybridized carbons (Fsp3) is 0.375. The van der Waals surface area contributed by atoms with Crippen molar-refractivity contribution in [2.24, 2.45) is 7.05 Å². The van der Waals surface area contributed by atoms with Gasteiger partial charge in [0.2, 0.25) is 5.91 Å². The second kappa shape index (κ2) is 6.87. The number of amides is 1. The highest BCUT2D eigenvalue weighted by atomic mass is 79.9. The first-order valence-corrected chi connectivity index (χ1v) is 9.11. The van der Waals surface area contributed by atoms with Crippen LogP contribution in [0.5, 0.6) is 0 Å². The van der Waals surface area contributed by atoms with Crippen molar-refractivity contribution in [3.8, 4) is 11.3 Å². The normalized spacial score (nSPS) is 14.5. The van der Waals surface area contributed by atoms with E-state index in [0.717, 1.165) is 46.8 Å². The van der Waals surface area contributed by atoms with Gasteiger partial charge in [-0.2, -0.15) is 0 Å². The highest BCUT2D eigenvalue weighted by Crippen LogP contribution is 2.26. The van der Waals surface area contributed by atoms with Gasteiger partial charge in [-0.3, -0.25) is 4.79 Å². The number of imidazole rings is 1. The third-order valence-corrected chi connectivity index (χ3v) is 5.43. The summed E-state index contributed by atoms with van der Waals surface area (Å²) in [6.45, 7) is 1.81. The molecule has 3 rings (SSSR count). The summed E-state index contributed by atoms with van der Waals surface area (Å²) >= 11 is 4.96. The molecule has 1 aromatic carbocycles. The SMILES string of the molecule is Cn1c(-c2ccc(Br)cc2)cnc1SCC(=O)N1CCCC1. The predicted octanol–water partition coefficient (Wildman–Crippen LogP) is 3.56. The molecule has 1 aliphatic rings. The maximum atomic E-state index is 12.1. The quantitative estimate of drug-likeness (QED) is 0.762. The van der Waals surface area contributed by atoms with Gasteiger partial charge in [0.05, 0.1) is 17.6 Å². The summed E-state index contributed by atoms with van der Waals surface area (Å²) in [5.41, 5.74) is 2.18. The van der Waals surface area contributed by atoms with E-state index in [0.29, 0.717) is 5.75 Å². The zero-order valence-corrected chi connectivity index (χ0v) is 14.9. The van der Waals surface area contributed by atoms with E-state index in [-0.39, 0.29) is 5.91 Å². The Hall–Kier alpha value is -1.27. The largest absolute Gasteiger partial charge is 0.342 e. The smallest absolute Gasteiger partial charge is 0.233 e. The highest BCUT2D eigenvalue weighted by molar-refractivity contribution is 9.10. The molecule has 0 spiro atoms. The molecule has 0 unspecified atom stereocenters. The van der Waals surface area contributed by atoms with Gasteiger partial charge in [0.25, 0.3) is 0 Å². The summed E-state index contributed by atoms with van der Waals surface area (Å²) in [6.07, 6.45) is 4.13. The van der Waals surface area contributed by atoms with Crippen LogP contribution < -0.4 is 0 Å². The third-order valence-electron chi connectivity index (χ3n) is 3.87. The number of hydrogen-bond donors (Lipinski definition) is 0. The Bertz CT molecular complexity index is 663. The van der Waals surface area contributed by atoms with E-state index in [1.165, 1.54) is 11.8 Å². The minimum Gasteiger partial charge on any atom is -0.342 e. The van der Waals surface area contributed by atoms with Crippen LogP contribution in [0.3, 0.4) is 0 Å². The lowest BCUT2D eigenvalue weighted by molar-refractivity contribution is -0.127. The number of halogens is 1. The minimum absolute atomic E-state index is 0.218. The van der Waals surface area contributed by atoms with E-state index in [4.69, 9.17) is 0 Å². The molecule has 2 aromatic rings. The number of thioether (sulfide) groups is 1. The molecule has 4 nitrogen and oxygen atoms in total. The molecule has 22 heavy (non-hydrogen) atoms. The van der Waals surface area contributed by atoms with Gasteiger partial charge in [-0.1, -0.05) is 39.8 Å². The summed E-state index contributed by atoms with van der Waals surface area (Å²) in [6, 6.07) is 8.16. The van der Waals surface area contributed by atoms with Crippen LogP contribution in [0.15, 0.2) is 40.1 Å². The summed E-state index contributed by atoms with van der Waals surface area (Å²) in [5, 5.41) is 0.880. The lowest BCUT2D eigenvalue weighted by Crippen LogP contribution is -2.29. The van der Waals surface area contributed by atoms with Gasteiger partial charge >= 0.3 is 0 Å². The number of likely N-dealkylation sites (tertiary alicyclic amines) is 1. The Morgan fingerprint density at radius 2 is 1.95 bits per heavy atom. The number of nitrogens with zero attached hydrogens (tertiary/aromatic N) is 3. The van der Waals surface area contributed by atoms with Gasteiger partial charge in [0.1, 0.15) is 0 Å². The van der Waals surface area contributed by atoms with E-state index in [1.807, 2.05) is 34.8 Å².